The number of aliphatic hydroxyl groups excluding tert-OH is 1. The van der Waals surface area contributed by atoms with Crippen LogP contribution in [-0.4, -0.2) is 21.1 Å². The summed E-state index contributed by atoms with van der Waals surface area (Å²) in [7, 11) is 1.54. The van der Waals surface area contributed by atoms with Crippen LogP contribution in [0.5, 0.6) is 0 Å². The molecule has 0 aliphatic heterocycles. The highest BCUT2D eigenvalue weighted by atomic mass is 19.4. The van der Waals surface area contributed by atoms with E-state index in [1.165, 1.54) is 17.8 Å². The predicted octanol–water partition coefficient (Wildman–Crippen LogP) is 2.17. The van der Waals surface area contributed by atoms with Gasteiger partial charge in [-0.25, -0.2) is 0 Å². The Morgan fingerprint density at radius 3 is 2.56 bits per heavy atom. The van der Waals surface area contributed by atoms with Gasteiger partial charge in [0.2, 0.25) is 0 Å². The SMILES string of the molecule is Cn1nc([C@@H](O)C(F)(F)F)c2ccccc21. The molecule has 86 valence electrons. The molecule has 0 saturated heterocycles. The van der Waals surface area contributed by atoms with Gasteiger partial charge in [-0.2, -0.15) is 18.3 Å². The number of hydrogen-bond acceptors (Lipinski definition) is 2. The summed E-state index contributed by atoms with van der Waals surface area (Å²) in [4.78, 5) is 0. The molecule has 0 saturated carbocycles. The summed E-state index contributed by atoms with van der Waals surface area (Å²) in [6.07, 6.45) is -7.24. The van der Waals surface area contributed by atoms with Gasteiger partial charge in [-0.05, 0) is 6.07 Å². The van der Waals surface area contributed by atoms with Crippen molar-refractivity contribution in [2.75, 3.05) is 0 Å². The third-order valence-electron chi connectivity index (χ3n) is 2.36. The molecule has 0 amide bonds. The van der Waals surface area contributed by atoms with Gasteiger partial charge in [0.1, 0.15) is 5.69 Å². The molecule has 0 spiro atoms. The summed E-state index contributed by atoms with van der Waals surface area (Å²) in [5, 5.41) is 13.2. The third kappa shape index (κ3) is 1.65. The first-order chi connectivity index (χ1) is 7.41. The van der Waals surface area contributed by atoms with E-state index >= 15 is 0 Å². The number of alkyl halides is 3. The molecule has 3 nitrogen and oxygen atoms in total. The van der Waals surface area contributed by atoms with Gasteiger partial charge in [-0.15, -0.1) is 0 Å². The highest BCUT2D eigenvalue weighted by molar-refractivity contribution is 5.82. The molecule has 2 rings (SSSR count). The molecule has 0 unspecified atom stereocenters. The van der Waals surface area contributed by atoms with Crippen molar-refractivity contribution >= 4 is 10.9 Å². The molecule has 1 N–H and O–H groups in total. The molecule has 0 aliphatic rings. The maximum absolute atomic E-state index is 12.4. The number of nitrogens with zero attached hydrogens (tertiary/aromatic N) is 2. The van der Waals surface area contributed by atoms with Gasteiger partial charge in [0.25, 0.3) is 0 Å². The van der Waals surface area contributed by atoms with Gasteiger partial charge in [-0.1, -0.05) is 18.2 Å². The Balaban J connectivity index is 2.62. The number of fused-ring (bicyclic) bond motifs is 1. The van der Waals surface area contributed by atoms with Crippen LogP contribution in [0.25, 0.3) is 10.9 Å². The molecule has 6 heteroatoms. The van der Waals surface area contributed by atoms with E-state index in [0.717, 1.165) is 0 Å². The van der Waals surface area contributed by atoms with Crippen LogP contribution in [0.2, 0.25) is 0 Å². The average molecular weight is 230 g/mol. The van der Waals surface area contributed by atoms with Crippen molar-refractivity contribution < 1.29 is 18.3 Å². The number of aryl methyl sites for hydroxylation is 1. The average Bonchev–Trinajstić information content (AvgIpc) is 2.55. The van der Waals surface area contributed by atoms with Gasteiger partial charge >= 0.3 is 6.18 Å². The van der Waals surface area contributed by atoms with Gasteiger partial charge < -0.3 is 5.11 Å². The molecule has 0 bridgehead atoms. The van der Waals surface area contributed by atoms with Gasteiger partial charge in [-0.3, -0.25) is 4.68 Å². The molecule has 0 aliphatic carbocycles. The zero-order chi connectivity index (χ0) is 11.9. The Hall–Kier alpha value is -1.56. The lowest BCUT2D eigenvalue weighted by atomic mass is 10.1. The van der Waals surface area contributed by atoms with Crippen LogP contribution in [0.1, 0.15) is 11.8 Å². The monoisotopic (exact) mass is 230 g/mol. The van der Waals surface area contributed by atoms with Crippen molar-refractivity contribution in [3.05, 3.63) is 30.0 Å². The molecule has 1 heterocycles. The predicted molar refractivity (Wildman–Crippen MR) is 51.7 cm³/mol. The first-order valence-electron chi connectivity index (χ1n) is 4.57. The quantitative estimate of drug-likeness (QED) is 0.815. The lowest BCUT2D eigenvalue weighted by Crippen LogP contribution is -2.21. The second-order valence-electron chi connectivity index (χ2n) is 3.47. The van der Waals surface area contributed by atoms with Gasteiger partial charge in [0, 0.05) is 12.4 Å². The van der Waals surface area contributed by atoms with E-state index in [-0.39, 0.29) is 5.69 Å². The maximum Gasteiger partial charge on any atom is 0.420 e. The Labute approximate surface area is 89.1 Å². The fourth-order valence-corrected chi connectivity index (χ4v) is 1.60. The zero-order valence-electron chi connectivity index (χ0n) is 8.36. The normalized spacial score (nSPS) is 14.3. The van der Waals surface area contributed by atoms with Crippen molar-refractivity contribution in [1.29, 1.82) is 0 Å². The summed E-state index contributed by atoms with van der Waals surface area (Å²) in [5.74, 6) is 0. The van der Waals surface area contributed by atoms with E-state index in [1.54, 1.807) is 18.2 Å². The van der Waals surface area contributed by atoms with Crippen LogP contribution in [0, 0.1) is 0 Å². The number of aromatic nitrogens is 2. The first kappa shape index (κ1) is 10.9. The van der Waals surface area contributed by atoms with Crippen LogP contribution >= 0.6 is 0 Å². The van der Waals surface area contributed by atoms with E-state index in [1.807, 2.05) is 0 Å². The van der Waals surface area contributed by atoms with E-state index in [4.69, 9.17) is 5.11 Å². The van der Waals surface area contributed by atoms with Crippen LogP contribution in [-0.2, 0) is 7.05 Å². The Bertz CT molecular complexity index is 518. The molecule has 0 fully saturated rings. The molecular weight excluding hydrogens is 221 g/mol. The van der Waals surface area contributed by atoms with Crippen molar-refractivity contribution in [2.24, 2.45) is 7.05 Å². The Morgan fingerprint density at radius 1 is 1.31 bits per heavy atom. The second-order valence-corrected chi connectivity index (χ2v) is 3.47. The van der Waals surface area contributed by atoms with Crippen LogP contribution < -0.4 is 0 Å². The third-order valence-corrected chi connectivity index (χ3v) is 2.36. The summed E-state index contributed by atoms with van der Waals surface area (Å²) in [6.45, 7) is 0. The number of halogens is 3. The summed E-state index contributed by atoms with van der Waals surface area (Å²) in [6, 6.07) is 6.46. The molecule has 2 aromatic rings. The highest BCUT2D eigenvalue weighted by Crippen LogP contribution is 2.35. The van der Waals surface area contributed by atoms with Gasteiger partial charge in [0.05, 0.1) is 5.52 Å². The summed E-state index contributed by atoms with van der Waals surface area (Å²) < 4.78 is 38.4. The standard InChI is InChI=1S/C10H9F3N2O/c1-15-7-5-3-2-4-6(7)8(14-15)9(16)10(11,12)13/h2-5,9,16H,1H3/t9-/m1/s1. The molecule has 1 atom stereocenters. The lowest BCUT2D eigenvalue weighted by Gasteiger charge is -2.12. The van der Waals surface area contributed by atoms with E-state index in [2.05, 4.69) is 5.10 Å². The largest absolute Gasteiger partial charge is 0.420 e. The number of para-hydroxylation sites is 1. The van der Waals surface area contributed by atoms with Crippen LogP contribution in [0.15, 0.2) is 24.3 Å². The zero-order valence-corrected chi connectivity index (χ0v) is 8.36. The topological polar surface area (TPSA) is 38.0 Å². The van der Waals surface area contributed by atoms with Crippen molar-refractivity contribution in [2.45, 2.75) is 12.3 Å². The van der Waals surface area contributed by atoms with E-state index < -0.39 is 12.3 Å². The minimum Gasteiger partial charge on any atom is -0.378 e. The first-order valence-corrected chi connectivity index (χ1v) is 4.57. The van der Waals surface area contributed by atoms with Crippen molar-refractivity contribution in [1.82, 2.24) is 9.78 Å². The number of aliphatic hydroxyl groups is 1. The Kier molecular flexibility index (Phi) is 2.38. The lowest BCUT2D eigenvalue weighted by molar-refractivity contribution is -0.207. The Morgan fingerprint density at radius 2 is 1.94 bits per heavy atom. The minimum absolute atomic E-state index is 0.315. The fourth-order valence-electron chi connectivity index (χ4n) is 1.60. The van der Waals surface area contributed by atoms with Gasteiger partial charge in [0.15, 0.2) is 6.10 Å². The molecule has 1 aromatic heterocycles. The molecule has 16 heavy (non-hydrogen) atoms. The number of hydrogen-bond donors (Lipinski definition) is 1. The van der Waals surface area contributed by atoms with Crippen LogP contribution in [0.4, 0.5) is 13.2 Å². The highest BCUT2D eigenvalue weighted by Gasteiger charge is 2.42. The second kappa shape index (κ2) is 3.48. The van der Waals surface area contributed by atoms with Crippen molar-refractivity contribution in [3.63, 3.8) is 0 Å². The number of rotatable bonds is 1. The summed E-state index contributed by atoms with van der Waals surface area (Å²) >= 11 is 0. The van der Waals surface area contributed by atoms with Crippen LogP contribution in [0.3, 0.4) is 0 Å². The number of benzene rings is 1. The van der Waals surface area contributed by atoms with E-state index in [0.29, 0.717) is 10.9 Å². The fraction of sp³-hybridized carbons (Fsp3) is 0.300. The maximum atomic E-state index is 12.4. The minimum atomic E-state index is -4.70. The van der Waals surface area contributed by atoms with E-state index in [9.17, 15) is 13.2 Å². The smallest absolute Gasteiger partial charge is 0.378 e. The molecule has 1 aromatic carbocycles. The van der Waals surface area contributed by atoms with Crippen molar-refractivity contribution in [3.8, 4) is 0 Å². The molecular formula is C10H9F3N2O. The molecule has 0 radical (unpaired) electrons. The summed E-state index contributed by atoms with van der Waals surface area (Å²) in [5.41, 5.74) is 0.200.